The fourth-order valence-electron chi connectivity index (χ4n) is 0.423. The zero-order chi connectivity index (χ0) is 7.11. The summed E-state index contributed by atoms with van der Waals surface area (Å²) in [7, 11) is 4.27. The molecule has 56 valence electrons. The lowest BCUT2D eigenvalue weighted by Crippen LogP contribution is -1.96. The Balaban J connectivity index is 3.09. The zero-order valence-corrected chi connectivity index (χ0v) is 6.98. The molecular formula is C5H13O3P. The Morgan fingerprint density at radius 2 is 1.67 bits per heavy atom. The maximum absolute atomic E-state index is 4.96. The predicted molar refractivity (Wildman–Crippen MR) is 37.7 cm³/mol. The minimum atomic E-state index is -0.687. The molecule has 0 aromatic heterocycles. The number of hydrogen-bond donors (Lipinski definition) is 0. The summed E-state index contributed by atoms with van der Waals surface area (Å²) in [5.74, 6) is 0. The van der Waals surface area contributed by atoms with Crippen LogP contribution in [0.25, 0.3) is 0 Å². The molecule has 3 nitrogen and oxygen atoms in total. The third kappa shape index (κ3) is 4.79. The van der Waals surface area contributed by atoms with Gasteiger partial charge in [0.2, 0.25) is 0 Å². The standard InChI is InChI=1S/C5H13O3P/c1-6-4-5-9(7-2)8-3/h4-5H2,1-3H3. The molecular weight excluding hydrogens is 139 g/mol. The molecule has 4 heteroatoms. The Bertz CT molecular complexity index is 56.2. The molecule has 0 aliphatic carbocycles. The quantitative estimate of drug-likeness (QED) is 0.554. The number of rotatable bonds is 5. The average molecular weight is 152 g/mol. The third-order valence-corrected chi connectivity index (χ3v) is 2.25. The van der Waals surface area contributed by atoms with Gasteiger partial charge in [-0.05, 0) is 0 Å². The first-order valence-corrected chi connectivity index (χ1v) is 4.06. The molecule has 0 saturated carbocycles. The van der Waals surface area contributed by atoms with Crippen LogP contribution < -0.4 is 0 Å². The normalized spacial score (nSPS) is 10.7. The van der Waals surface area contributed by atoms with E-state index in [0.717, 1.165) is 6.16 Å². The van der Waals surface area contributed by atoms with Gasteiger partial charge in [-0.3, -0.25) is 0 Å². The summed E-state index contributed by atoms with van der Waals surface area (Å²) in [6, 6.07) is 0. The van der Waals surface area contributed by atoms with E-state index in [2.05, 4.69) is 0 Å². The predicted octanol–water partition coefficient (Wildman–Crippen LogP) is 1.24. The van der Waals surface area contributed by atoms with E-state index in [1.807, 2.05) is 0 Å². The summed E-state index contributed by atoms with van der Waals surface area (Å²) in [5.41, 5.74) is 0. The summed E-state index contributed by atoms with van der Waals surface area (Å²) in [4.78, 5) is 0. The van der Waals surface area contributed by atoms with E-state index < -0.39 is 8.38 Å². The molecule has 0 saturated heterocycles. The lowest BCUT2D eigenvalue weighted by atomic mass is 10.9. The fraction of sp³-hybridized carbons (Fsp3) is 1.00. The van der Waals surface area contributed by atoms with Gasteiger partial charge in [-0.15, -0.1) is 0 Å². The van der Waals surface area contributed by atoms with Crippen molar-refractivity contribution in [1.29, 1.82) is 0 Å². The smallest absolute Gasteiger partial charge is 0.172 e. The highest BCUT2D eigenvalue weighted by Crippen LogP contribution is 2.34. The molecule has 0 aliphatic rings. The second-order valence-corrected chi connectivity index (χ2v) is 3.26. The van der Waals surface area contributed by atoms with Crippen LogP contribution in [-0.2, 0) is 13.8 Å². The van der Waals surface area contributed by atoms with Crippen LogP contribution in [0.3, 0.4) is 0 Å². The Kier molecular flexibility index (Phi) is 6.65. The molecule has 0 rings (SSSR count). The van der Waals surface area contributed by atoms with Crippen molar-refractivity contribution >= 4 is 8.38 Å². The van der Waals surface area contributed by atoms with Gasteiger partial charge in [0.05, 0.1) is 6.61 Å². The summed E-state index contributed by atoms with van der Waals surface area (Å²) < 4.78 is 14.8. The van der Waals surface area contributed by atoms with Crippen LogP contribution in [-0.4, -0.2) is 34.1 Å². The first kappa shape index (κ1) is 9.31. The van der Waals surface area contributed by atoms with Crippen molar-refractivity contribution in [3.63, 3.8) is 0 Å². The van der Waals surface area contributed by atoms with Crippen molar-refractivity contribution in [1.82, 2.24) is 0 Å². The third-order valence-electron chi connectivity index (χ3n) is 0.885. The fourth-order valence-corrected chi connectivity index (χ4v) is 1.27. The van der Waals surface area contributed by atoms with Crippen LogP contribution >= 0.6 is 8.38 Å². The molecule has 0 atom stereocenters. The van der Waals surface area contributed by atoms with Crippen LogP contribution in [0, 0.1) is 0 Å². The van der Waals surface area contributed by atoms with Crippen molar-refractivity contribution in [2.75, 3.05) is 34.1 Å². The van der Waals surface area contributed by atoms with Crippen molar-refractivity contribution in [3.8, 4) is 0 Å². The largest absolute Gasteiger partial charge is 0.384 e. The average Bonchev–Trinajstić information content (AvgIpc) is 1.91. The van der Waals surface area contributed by atoms with Gasteiger partial charge in [-0.2, -0.15) is 0 Å². The Morgan fingerprint density at radius 1 is 1.11 bits per heavy atom. The maximum atomic E-state index is 4.96. The lowest BCUT2D eigenvalue weighted by Gasteiger charge is -2.09. The molecule has 0 amide bonds. The van der Waals surface area contributed by atoms with Gasteiger partial charge in [0, 0.05) is 27.5 Å². The van der Waals surface area contributed by atoms with E-state index in [1.54, 1.807) is 21.3 Å². The number of methoxy groups -OCH3 is 1. The van der Waals surface area contributed by atoms with Crippen molar-refractivity contribution in [2.24, 2.45) is 0 Å². The van der Waals surface area contributed by atoms with E-state index in [1.165, 1.54) is 0 Å². The SMILES string of the molecule is COCCP(OC)OC. The van der Waals surface area contributed by atoms with Gasteiger partial charge in [0.15, 0.2) is 8.38 Å². The molecule has 0 N–H and O–H groups in total. The highest BCUT2D eigenvalue weighted by molar-refractivity contribution is 7.47. The van der Waals surface area contributed by atoms with E-state index >= 15 is 0 Å². The second-order valence-electron chi connectivity index (χ2n) is 1.41. The van der Waals surface area contributed by atoms with Crippen LogP contribution in [0.5, 0.6) is 0 Å². The molecule has 0 spiro atoms. The number of hydrogen-bond acceptors (Lipinski definition) is 3. The summed E-state index contributed by atoms with van der Waals surface area (Å²) in [6.07, 6.45) is 0.846. The molecule has 9 heavy (non-hydrogen) atoms. The molecule has 0 bridgehead atoms. The van der Waals surface area contributed by atoms with Crippen molar-refractivity contribution in [2.45, 2.75) is 0 Å². The van der Waals surface area contributed by atoms with Gasteiger partial charge in [-0.25, -0.2) is 0 Å². The maximum Gasteiger partial charge on any atom is 0.172 e. The minimum absolute atomic E-state index is 0.687. The van der Waals surface area contributed by atoms with Gasteiger partial charge in [0.25, 0.3) is 0 Å². The summed E-state index contributed by atoms with van der Waals surface area (Å²) in [6.45, 7) is 0.702. The van der Waals surface area contributed by atoms with Crippen LogP contribution in [0.2, 0.25) is 0 Å². The van der Waals surface area contributed by atoms with Crippen LogP contribution in [0.4, 0.5) is 0 Å². The van der Waals surface area contributed by atoms with E-state index in [9.17, 15) is 0 Å². The second kappa shape index (κ2) is 6.43. The first-order valence-electron chi connectivity index (χ1n) is 2.69. The Hall–Kier alpha value is 0.310. The molecule has 0 heterocycles. The van der Waals surface area contributed by atoms with Gasteiger partial charge >= 0.3 is 0 Å². The van der Waals surface area contributed by atoms with E-state index in [4.69, 9.17) is 13.8 Å². The highest BCUT2D eigenvalue weighted by atomic mass is 31.2. The molecule has 0 unspecified atom stereocenters. The molecule has 0 aromatic rings. The summed E-state index contributed by atoms with van der Waals surface area (Å²) >= 11 is 0. The lowest BCUT2D eigenvalue weighted by molar-refractivity contribution is 0.211. The first-order chi connectivity index (χ1) is 4.35. The van der Waals surface area contributed by atoms with Crippen molar-refractivity contribution < 1.29 is 13.8 Å². The summed E-state index contributed by atoms with van der Waals surface area (Å²) in [5, 5.41) is 0. The van der Waals surface area contributed by atoms with Crippen molar-refractivity contribution in [3.05, 3.63) is 0 Å². The molecule has 0 radical (unpaired) electrons. The highest BCUT2D eigenvalue weighted by Gasteiger charge is 2.03. The molecule has 0 aliphatic heterocycles. The Labute approximate surface area is 57.2 Å². The monoisotopic (exact) mass is 152 g/mol. The van der Waals surface area contributed by atoms with Crippen LogP contribution in [0.1, 0.15) is 0 Å². The van der Waals surface area contributed by atoms with E-state index in [-0.39, 0.29) is 0 Å². The topological polar surface area (TPSA) is 27.7 Å². The molecule has 0 aromatic carbocycles. The Morgan fingerprint density at radius 3 is 2.00 bits per heavy atom. The van der Waals surface area contributed by atoms with Crippen LogP contribution in [0.15, 0.2) is 0 Å². The molecule has 0 fully saturated rings. The van der Waals surface area contributed by atoms with Gasteiger partial charge in [-0.1, -0.05) is 0 Å². The zero-order valence-electron chi connectivity index (χ0n) is 6.09. The van der Waals surface area contributed by atoms with Gasteiger partial charge in [0.1, 0.15) is 0 Å². The number of ether oxygens (including phenoxy) is 1. The minimum Gasteiger partial charge on any atom is -0.384 e. The van der Waals surface area contributed by atoms with E-state index in [0.29, 0.717) is 6.61 Å². The van der Waals surface area contributed by atoms with Gasteiger partial charge < -0.3 is 13.8 Å².